The molecule has 0 saturated carbocycles. The number of carbonyl (C=O) groups is 1. The Kier molecular flexibility index (Phi) is 5.18. The zero-order chi connectivity index (χ0) is 18.0. The van der Waals surface area contributed by atoms with Crippen LogP contribution in [0.4, 0.5) is 4.39 Å². The summed E-state index contributed by atoms with van der Waals surface area (Å²) in [5.41, 5.74) is 0.793. The fourth-order valence-corrected chi connectivity index (χ4v) is 2.22. The van der Waals surface area contributed by atoms with Gasteiger partial charge in [0.2, 0.25) is 0 Å². The van der Waals surface area contributed by atoms with E-state index in [1.54, 1.807) is 18.2 Å². The smallest absolute Gasteiger partial charge is 0.342 e. The molecule has 6 radical (unpaired) electrons. The fraction of sp³-hybridized carbons (Fsp3) is 0.176. The van der Waals surface area contributed by atoms with Crippen molar-refractivity contribution in [1.29, 1.82) is 5.26 Å². The number of hydrogen-bond donors (Lipinski definition) is 0. The minimum atomic E-state index is -0.878. The van der Waals surface area contributed by atoms with E-state index in [4.69, 9.17) is 33.5 Å². The highest BCUT2D eigenvalue weighted by atomic mass is 19.1. The van der Waals surface area contributed by atoms with Crippen molar-refractivity contribution in [3.05, 3.63) is 46.8 Å². The van der Waals surface area contributed by atoms with Gasteiger partial charge in [0.1, 0.15) is 41.2 Å². The van der Waals surface area contributed by atoms with Crippen LogP contribution in [0.3, 0.4) is 0 Å². The highest BCUT2D eigenvalue weighted by Crippen LogP contribution is 2.16. The van der Waals surface area contributed by atoms with Crippen molar-refractivity contribution in [3.8, 4) is 11.8 Å². The van der Waals surface area contributed by atoms with Crippen LogP contribution in [0, 0.1) is 17.1 Å². The van der Waals surface area contributed by atoms with Crippen LogP contribution in [0.15, 0.2) is 24.3 Å². The summed E-state index contributed by atoms with van der Waals surface area (Å²) in [5, 5.41) is 8.78. The SMILES string of the molecule is [B]c1cc(OC(=O)c2c([B])cc(C(C)C)cc2[B])cc(F)c1C#N. The quantitative estimate of drug-likeness (QED) is 0.469. The van der Waals surface area contributed by atoms with Gasteiger partial charge < -0.3 is 4.74 Å². The molecular formula is C17H11B3FNO2. The number of esters is 1. The van der Waals surface area contributed by atoms with Crippen LogP contribution in [0.1, 0.15) is 41.3 Å². The van der Waals surface area contributed by atoms with Gasteiger partial charge in [0.25, 0.3) is 0 Å². The van der Waals surface area contributed by atoms with Crippen molar-refractivity contribution in [3.63, 3.8) is 0 Å². The van der Waals surface area contributed by atoms with E-state index in [9.17, 15) is 9.18 Å². The molecule has 0 bridgehead atoms. The Morgan fingerprint density at radius 2 is 1.71 bits per heavy atom. The zero-order valence-corrected chi connectivity index (χ0v) is 13.3. The summed E-state index contributed by atoms with van der Waals surface area (Å²) in [7, 11) is 17.4. The summed E-state index contributed by atoms with van der Waals surface area (Å²) >= 11 is 0. The van der Waals surface area contributed by atoms with Gasteiger partial charge >= 0.3 is 5.97 Å². The summed E-state index contributed by atoms with van der Waals surface area (Å²) in [5.74, 6) is -1.66. The van der Waals surface area contributed by atoms with Crippen LogP contribution < -0.4 is 21.1 Å². The molecule has 24 heavy (non-hydrogen) atoms. The van der Waals surface area contributed by atoms with Crippen LogP contribution in [0.5, 0.6) is 5.75 Å². The monoisotopic (exact) mass is 313 g/mol. The first-order valence-electron chi connectivity index (χ1n) is 7.14. The molecule has 112 valence electrons. The minimum absolute atomic E-state index is 0.00254. The van der Waals surface area contributed by atoms with Gasteiger partial charge in [-0.2, -0.15) is 5.26 Å². The number of ether oxygens (including phenoxy) is 1. The predicted molar refractivity (Wildman–Crippen MR) is 92.8 cm³/mol. The Morgan fingerprint density at radius 3 is 2.17 bits per heavy atom. The van der Waals surface area contributed by atoms with Crippen LogP contribution in [0.25, 0.3) is 0 Å². The summed E-state index contributed by atoms with van der Waals surface area (Å²) in [6.07, 6.45) is 0. The molecule has 0 saturated heterocycles. The average Bonchev–Trinajstić information content (AvgIpc) is 2.45. The van der Waals surface area contributed by atoms with Crippen LogP contribution in [-0.2, 0) is 0 Å². The normalized spacial score (nSPS) is 10.5. The number of rotatable bonds is 3. The molecule has 0 unspecified atom stereocenters. The Balaban J connectivity index is 2.36. The fourth-order valence-electron chi connectivity index (χ4n) is 2.22. The standard InChI is InChI=1S/C17H11B3FNO2/c1-8(2)9-3-13(19)16(14(20)4-9)17(23)24-10-5-12(18)11(7-22)15(21)6-10/h3-6,8H,1-2H3. The number of carbonyl (C=O) groups excluding carboxylic acids is 1. The molecule has 0 N–H and O–H groups in total. The van der Waals surface area contributed by atoms with Gasteiger partial charge in [-0.3, -0.25) is 0 Å². The molecule has 0 aliphatic heterocycles. The van der Waals surface area contributed by atoms with Gasteiger partial charge in [-0.25, -0.2) is 9.18 Å². The Labute approximate surface area is 144 Å². The summed E-state index contributed by atoms with van der Waals surface area (Å²) in [6.45, 7) is 3.93. The summed E-state index contributed by atoms with van der Waals surface area (Å²) in [4.78, 5) is 12.3. The number of benzene rings is 2. The molecule has 0 heterocycles. The average molecular weight is 313 g/mol. The van der Waals surface area contributed by atoms with E-state index in [1.165, 1.54) is 6.07 Å². The summed E-state index contributed by atoms with van der Waals surface area (Å²) < 4.78 is 18.8. The highest BCUT2D eigenvalue weighted by molar-refractivity contribution is 6.44. The lowest BCUT2D eigenvalue weighted by Gasteiger charge is -2.15. The molecule has 0 aromatic heterocycles. The van der Waals surface area contributed by atoms with Crippen LogP contribution in [0.2, 0.25) is 0 Å². The van der Waals surface area contributed by atoms with Crippen molar-refractivity contribution in [2.75, 3.05) is 0 Å². The maximum absolute atomic E-state index is 13.7. The van der Waals surface area contributed by atoms with Crippen LogP contribution >= 0.6 is 0 Å². The first-order valence-corrected chi connectivity index (χ1v) is 7.14. The van der Waals surface area contributed by atoms with Gasteiger partial charge in [0, 0.05) is 11.6 Å². The second-order valence-electron chi connectivity index (χ2n) is 5.60. The van der Waals surface area contributed by atoms with E-state index >= 15 is 0 Å². The van der Waals surface area contributed by atoms with Gasteiger partial charge in [0.15, 0.2) is 0 Å². The Morgan fingerprint density at radius 1 is 1.12 bits per heavy atom. The maximum atomic E-state index is 13.7. The molecule has 0 atom stereocenters. The molecular weight excluding hydrogens is 302 g/mol. The van der Waals surface area contributed by atoms with Crippen LogP contribution in [-0.4, -0.2) is 29.5 Å². The molecule has 3 nitrogen and oxygen atoms in total. The molecule has 2 rings (SSSR count). The van der Waals surface area contributed by atoms with E-state index in [0.717, 1.165) is 11.6 Å². The molecule has 0 aliphatic rings. The maximum Gasteiger partial charge on any atom is 0.342 e. The van der Waals surface area contributed by atoms with Gasteiger partial charge in [-0.15, -0.1) is 0 Å². The molecule has 0 spiro atoms. The van der Waals surface area contributed by atoms with E-state index < -0.39 is 11.8 Å². The Bertz CT molecular complexity index is 813. The first kappa shape index (κ1) is 17.9. The van der Waals surface area contributed by atoms with Crippen molar-refractivity contribution < 1.29 is 13.9 Å². The van der Waals surface area contributed by atoms with E-state index in [1.807, 2.05) is 13.8 Å². The lowest BCUT2D eigenvalue weighted by molar-refractivity contribution is 0.0737. The number of nitriles is 1. The minimum Gasteiger partial charge on any atom is -0.423 e. The van der Waals surface area contributed by atoms with E-state index in [0.29, 0.717) is 0 Å². The molecule has 0 fully saturated rings. The van der Waals surface area contributed by atoms with Gasteiger partial charge in [-0.1, -0.05) is 42.4 Å². The molecule has 7 heteroatoms. The lowest BCUT2D eigenvalue weighted by Crippen LogP contribution is -2.31. The number of hydrogen-bond acceptors (Lipinski definition) is 3. The zero-order valence-electron chi connectivity index (χ0n) is 13.3. The van der Waals surface area contributed by atoms with Gasteiger partial charge in [-0.05, 0) is 17.5 Å². The number of nitrogens with zero attached hydrogens (tertiary/aromatic N) is 1. The largest absolute Gasteiger partial charge is 0.423 e. The van der Waals surface area contributed by atoms with Crippen molar-refractivity contribution in [2.24, 2.45) is 0 Å². The van der Waals surface area contributed by atoms with Gasteiger partial charge in [0.05, 0.1) is 5.56 Å². The third-order valence-corrected chi connectivity index (χ3v) is 3.51. The van der Waals surface area contributed by atoms with Crippen molar-refractivity contribution >= 4 is 45.9 Å². The topological polar surface area (TPSA) is 50.1 Å². The number of halogens is 1. The van der Waals surface area contributed by atoms with Crippen molar-refractivity contribution in [1.82, 2.24) is 0 Å². The van der Waals surface area contributed by atoms with Crippen molar-refractivity contribution in [2.45, 2.75) is 19.8 Å². The highest BCUT2D eigenvalue weighted by Gasteiger charge is 2.17. The summed E-state index contributed by atoms with van der Waals surface area (Å²) in [6, 6.07) is 7.01. The molecule has 0 aliphatic carbocycles. The molecule has 0 amide bonds. The van der Waals surface area contributed by atoms with E-state index in [2.05, 4.69) is 0 Å². The third kappa shape index (κ3) is 3.54. The van der Waals surface area contributed by atoms with E-state index in [-0.39, 0.29) is 39.2 Å². The molecule has 2 aromatic rings. The second-order valence-corrected chi connectivity index (χ2v) is 5.60. The third-order valence-electron chi connectivity index (χ3n) is 3.51. The Hall–Kier alpha value is -2.48. The predicted octanol–water partition coefficient (Wildman–Crippen LogP) is 0.421. The second kappa shape index (κ2) is 6.96. The first-order chi connectivity index (χ1) is 11.2. The lowest BCUT2D eigenvalue weighted by atomic mass is 9.78. The molecule has 2 aromatic carbocycles.